The van der Waals surface area contributed by atoms with Crippen LogP contribution in [0.25, 0.3) is 0 Å². The van der Waals surface area contributed by atoms with Gasteiger partial charge in [0.15, 0.2) is 11.5 Å². The number of aromatic amines is 1. The highest BCUT2D eigenvalue weighted by Crippen LogP contribution is 2.34. The van der Waals surface area contributed by atoms with Crippen molar-refractivity contribution in [2.24, 2.45) is 0 Å². The molecule has 1 aliphatic heterocycles. The lowest BCUT2D eigenvalue weighted by Crippen LogP contribution is -2.27. The number of hydrogen-bond acceptors (Lipinski definition) is 6. The van der Waals surface area contributed by atoms with Gasteiger partial charge < -0.3 is 24.5 Å². The summed E-state index contributed by atoms with van der Waals surface area (Å²) in [5.41, 5.74) is 2.76. The molecule has 7 heteroatoms. The third kappa shape index (κ3) is 3.05. The topological polar surface area (TPSA) is 89.7 Å². The Morgan fingerprint density at radius 3 is 2.68 bits per heavy atom. The van der Waals surface area contributed by atoms with E-state index in [1.165, 1.54) is 7.11 Å². The van der Waals surface area contributed by atoms with E-state index in [-0.39, 0.29) is 12.6 Å². The summed E-state index contributed by atoms with van der Waals surface area (Å²) in [7, 11) is 1.32. The number of aryl methyl sites for hydroxylation is 1. The van der Waals surface area contributed by atoms with Crippen LogP contribution in [-0.2, 0) is 4.74 Å². The predicted molar refractivity (Wildman–Crippen MR) is 91.6 cm³/mol. The minimum atomic E-state index is -0.498. The highest BCUT2D eigenvalue weighted by molar-refractivity contribution is 6.04. The van der Waals surface area contributed by atoms with Crippen LogP contribution < -0.4 is 14.8 Å². The minimum absolute atomic E-state index is 0.145. The van der Waals surface area contributed by atoms with Crippen molar-refractivity contribution in [3.8, 4) is 11.5 Å². The number of fused-ring (bicyclic) bond motifs is 1. The molecule has 1 aromatic heterocycles. The Hall–Kier alpha value is -2.96. The standard InChI is InChI=1S/C18H20N2O5/c1-9-15(18(22)23-4)10(2)20-16(9)17(21)11(3)19-12-5-6-13-14(7-12)25-8-24-13/h5-7,11,19-20H,8H2,1-4H3/t11-/m1/s1. The first-order valence-electron chi connectivity index (χ1n) is 7.90. The van der Waals surface area contributed by atoms with E-state index < -0.39 is 12.0 Å². The molecule has 132 valence electrons. The average molecular weight is 344 g/mol. The number of esters is 1. The van der Waals surface area contributed by atoms with Crippen molar-refractivity contribution in [2.45, 2.75) is 26.8 Å². The van der Waals surface area contributed by atoms with E-state index in [4.69, 9.17) is 14.2 Å². The highest BCUT2D eigenvalue weighted by atomic mass is 16.7. The van der Waals surface area contributed by atoms with E-state index in [1.807, 2.05) is 6.07 Å². The van der Waals surface area contributed by atoms with Crippen molar-refractivity contribution < 1.29 is 23.8 Å². The van der Waals surface area contributed by atoms with Gasteiger partial charge in [-0.1, -0.05) is 0 Å². The lowest BCUT2D eigenvalue weighted by molar-refractivity contribution is 0.0599. The molecular weight excluding hydrogens is 324 g/mol. The van der Waals surface area contributed by atoms with Crippen LogP contribution in [0.4, 0.5) is 5.69 Å². The average Bonchev–Trinajstić information content (AvgIpc) is 3.17. The molecule has 2 aromatic rings. The molecule has 2 N–H and O–H groups in total. The SMILES string of the molecule is COC(=O)c1c(C)[nH]c(C(=O)[C@@H](C)Nc2ccc3c(c2)OCO3)c1C. The van der Waals surface area contributed by atoms with Crippen molar-refractivity contribution in [3.05, 3.63) is 40.7 Å². The first kappa shape index (κ1) is 16.9. The Morgan fingerprint density at radius 1 is 1.24 bits per heavy atom. The molecule has 1 aromatic carbocycles. The highest BCUT2D eigenvalue weighted by Gasteiger charge is 2.25. The van der Waals surface area contributed by atoms with Crippen molar-refractivity contribution >= 4 is 17.4 Å². The number of carbonyl (C=O) groups is 2. The fraction of sp³-hybridized carbons (Fsp3) is 0.333. The monoisotopic (exact) mass is 344 g/mol. The quantitative estimate of drug-likeness (QED) is 0.640. The molecule has 7 nitrogen and oxygen atoms in total. The van der Waals surface area contributed by atoms with Crippen LogP contribution in [-0.4, -0.2) is 36.7 Å². The van der Waals surface area contributed by atoms with E-state index in [1.54, 1.807) is 32.9 Å². The maximum atomic E-state index is 12.8. The fourth-order valence-corrected chi connectivity index (χ4v) is 2.92. The van der Waals surface area contributed by atoms with Crippen molar-refractivity contribution in [3.63, 3.8) is 0 Å². The van der Waals surface area contributed by atoms with Crippen LogP contribution in [0.2, 0.25) is 0 Å². The maximum Gasteiger partial charge on any atom is 0.339 e. The molecule has 1 atom stereocenters. The molecule has 2 heterocycles. The number of hydrogen-bond donors (Lipinski definition) is 2. The molecule has 0 saturated heterocycles. The predicted octanol–water partition coefficient (Wildman–Crippen LogP) is 2.83. The summed E-state index contributed by atoms with van der Waals surface area (Å²) in [6, 6.07) is 4.91. The van der Waals surface area contributed by atoms with Gasteiger partial charge in [0.2, 0.25) is 12.6 Å². The lowest BCUT2D eigenvalue weighted by atomic mass is 10.0. The summed E-state index contributed by atoms with van der Waals surface area (Å²) in [5.74, 6) is 0.725. The number of rotatable bonds is 5. The number of methoxy groups -OCH3 is 1. The van der Waals surface area contributed by atoms with E-state index in [2.05, 4.69) is 10.3 Å². The number of anilines is 1. The summed E-state index contributed by atoms with van der Waals surface area (Å²) < 4.78 is 15.4. The molecule has 0 radical (unpaired) electrons. The van der Waals surface area contributed by atoms with Gasteiger partial charge in [-0.15, -0.1) is 0 Å². The molecule has 0 unspecified atom stereocenters. The van der Waals surface area contributed by atoms with E-state index in [0.717, 1.165) is 5.69 Å². The zero-order valence-electron chi connectivity index (χ0n) is 14.6. The Bertz CT molecular complexity index is 840. The first-order valence-corrected chi connectivity index (χ1v) is 7.90. The Kier molecular flexibility index (Phi) is 4.39. The van der Waals surface area contributed by atoms with Gasteiger partial charge in [0.05, 0.1) is 24.4 Å². The summed E-state index contributed by atoms with van der Waals surface area (Å²) in [6.07, 6.45) is 0. The summed E-state index contributed by atoms with van der Waals surface area (Å²) in [5, 5.41) is 3.15. The Labute approximate surface area is 145 Å². The number of ether oxygens (including phenoxy) is 3. The number of Topliss-reactive ketones (excluding diaryl/α,β-unsaturated/α-hetero) is 1. The van der Waals surface area contributed by atoms with Crippen LogP contribution >= 0.6 is 0 Å². The largest absolute Gasteiger partial charge is 0.465 e. The summed E-state index contributed by atoms with van der Waals surface area (Å²) in [4.78, 5) is 27.6. The molecule has 0 aliphatic carbocycles. The molecule has 3 rings (SSSR count). The van der Waals surface area contributed by atoms with Crippen molar-refractivity contribution in [1.29, 1.82) is 0 Å². The number of aromatic nitrogens is 1. The van der Waals surface area contributed by atoms with Gasteiger partial charge in [0, 0.05) is 17.4 Å². The lowest BCUT2D eigenvalue weighted by Gasteiger charge is -2.14. The summed E-state index contributed by atoms with van der Waals surface area (Å²) in [6.45, 7) is 5.44. The summed E-state index contributed by atoms with van der Waals surface area (Å²) >= 11 is 0. The fourth-order valence-electron chi connectivity index (χ4n) is 2.92. The van der Waals surface area contributed by atoms with Crippen molar-refractivity contribution in [1.82, 2.24) is 4.98 Å². The van der Waals surface area contributed by atoms with Gasteiger partial charge in [0.25, 0.3) is 0 Å². The third-order valence-corrected chi connectivity index (χ3v) is 4.22. The third-order valence-electron chi connectivity index (χ3n) is 4.22. The van der Waals surface area contributed by atoms with Gasteiger partial charge >= 0.3 is 5.97 Å². The van der Waals surface area contributed by atoms with E-state index >= 15 is 0 Å². The number of nitrogens with one attached hydrogen (secondary N) is 2. The minimum Gasteiger partial charge on any atom is -0.465 e. The van der Waals surface area contributed by atoms with Gasteiger partial charge in [-0.05, 0) is 38.5 Å². The molecule has 1 aliphatic rings. The molecule has 0 spiro atoms. The number of ketones is 1. The van der Waals surface area contributed by atoms with Crippen LogP contribution in [0.3, 0.4) is 0 Å². The van der Waals surface area contributed by atoms with Crippen LogP contribution in [0.15, 0.2) is 18.2 Å². The number of benzene rings is 1. The molecule has 0 saturated carbocycles. The second-order valence-electron chi connectivity index (χ2n) is 5.91. The van der Waals surface area contributed by atoms with Gasteiger partial charge in [-0.2, -0.15) is 0 Å². The zero-order chi connectivity index (χ0) is 18.1. The molecular formula is C18H20N2O5. The van der Waals surface area contributed by atoms with Gasteiger partial charge in [-0.25, -0.2) is 4.79 Å². The van der Waals surface area contributed by atoms with E-state index in [9.17, 15) is 9.59 Å². The normalized spacial score (nSPS) is 13.4. The van der Waals surface area contributed by atoms with Gasteiger partial charge in [-0.3, -0.25) is 4.79 Å². The zero-order valence-corrected chi connectivity index (χ0v) is 14.6. The smallest absolute Gasteiger partial charge is 0.339 e. The number of H-pyrrole nitrogens is 1. The van der Waals surface area contributed by atoms with E-state index in [0.29, 0.717) is 34.0 Å². The Morgan fingerprint density at radius 2 is 1.96 bits per heavy atom. The number of carbonyl (C=O) groups excluding carboxylic acids is 2. The van der Waals surface area contributed by atoms with Crippen molar-refractivity contribution in [2.75, 3.05) is 19.2 Å². The second kappa shape index (κ2) is 6.51. The molecule has 25 heavy (non-hydrogen) atoms. The molecule has 0 fully saturated rings. The molecule has 0 bridgehead atoms. The van der Waals surface area contributed by atoms with Gasteiger partial charge in [0.1, 0.15) is 0 Å². The molecule has 0 amide bonds. The Balaban J connectivity index is 1.80. The maximum absolute atomic E-state index is 12.8. The second-order valence-corrected chi connectivity index (χ2v) is 5.91. The van der Waals surface area contributed by atoms with Crippen LogP contribution in [0.1, 0.15) is 39.0 Å². The first-order chi connectivity index (χ1) is 11.9. The van der Waals surface area contributed by atoms with Crippen LogP contribution in [0.5, 0.6) is 11.5 Å². The van der Waals surface area contributed by atoms with Crippen LogP contribution in [0, 0.1) is 13.8 Å².